The fraction of sp³-hybridized carbons (Fsp3) is 0.389. The second-order valence-electron chi connectivity index (χ2n) is 12.3. The van der Waals surface area contributed by atoms with Crippen molar-refractivity contribution in [2.75, 3.05) is 0 Å². The van der Waals surface area contributed by atoms with Gasteiger partial charge in [0.15, 0.2) is 11.6 Å². The smallest absolute Gasteiger partial charge is 0.348 e. The van der Waals surface area contributed by atoms with E-state index < -0.39 is 35.5 Å². The summed E-state index contributed by atoms with van der Waals surface area (Å²) >= 11 is 0. The minimum atomic E-state index is -1.63. The van der Waals surface area contributed by atoms with Gasteiger partial charge in [0.1, 0.15) is 11.1 Å². The summed E-state index contributed by atoms with van der Waals surface area (Å²) in [4.78, 5) is 75.0. The van der Waals surface area contributed by atoms with Crippen molar-refractivity contribution in [2.45, 2.75) is 76.8 Å². The maximum absolute atomic E-state index is 12.7. The third kappa shape index (κ3) is 7.17. The van der Waals surface area contributed by atoms with E-state index in [-0.39, 0.29) is 82.9 Å². The Balaban J connectivity index is 1.15. The molecule has 2 aliphatic heterocycles. The monoisotopic (exact) mass is 658 g/mol. The summed E-state index contributed by atoms with van der Waals surface area (Å²) in [5.74, 6) is -8.31. The summed E-state index contributed by atoms with van der Waals surface area (Å²) in [6.45, 7) is 3.53. The molecule has 5 aliphatic rings. The summed E-state index contributed by atoms with van der Waals surface area (Å²) in [5.41, 5.74) is -0.502. The van der Waals surface area contributed by atoms with Crippen LogP contribution in [0.5, 0.6) is 0 Å². The number of Topliss-reactive ketones (excluding diaryl/α,β-unsaturated/α-hetero) is 2. The zero-order valence-corrected chi connectivity index (χ0v) is 26.5. The van der Waals surface area contributed by atoms with Crippen molar-refractivity contribution < 1.29 is 57.9 Å². The van der Waals surface area contributed by atoms with Gasteiger partial charge in [0, 0.05) is 49.7 Å². The molecule has 2 spiro atoms. The van der Waals surface area contributed by atoms with Crippen molar-refractivity contribution in [3.63, 3.8) is 0 Å². The minimum Gasteiger partial charge on any atom is -0.875 e. The van der Waals surface area contributed by atoms with Crippen molar-refractivity contribution >= 4 is 35.4 Å². The van der Waals surface area contributed by atoms with E-state index in [0.29, 0.717) is 25.7 Å². The van der Waals surface area contributed by atoms with E-state index in [1.807, 2.05) is 0 Å². The zero-order chi connectivity index (χ0) is 34.6. The van der Waals surface area contributed by atoms with Gasteiger partial charge in [-0.1, -0.05) is 62.5 Å². The van der Waals surface area contributed by atoms with Gasteiger partial charge in [-0.15, -0.1) is 11.5 Å². The number of esters is 4. The minimum absolute atomic E-state index is 0.103. The van der Waals surface area contributed by atoms with Crippen LogP contribution >= 0.6 is 0 Å². The second kappa shape index (κ2) is 13.8. The Morgan fingerprint density at radius 3 is 1.21 bits per heavy atom. The van der Waals surface area contributed by atoms with Crippen molar-refractivity contribution in [1.29, 1.82) is 0 Å². The lowest BCUT2D eigenvalue weighted by Gasteiger charge is -2.45. The Labute approximate surface area is 276 Å². The normalized spacial score (nSPS) is 30.3. The Kier molecular flexibility index (Phi) is 9.83. The van der Waals surface area contributed by atoms with Crippen LogP contribution in [0.3, 0.4) is 0 Å². The number of carbonyl (C=O) groups excluding carboxylic acids is 6. The first-order valence-electron chi connectivity index (χ1n) is 15.8. The highest BCUT2D eigenvalue weighted by Crippen LogP contribution is 2.45. The third-order valence-corrected chi connectivity index (χ3v) is 8.90. The van der Waals surface area contributed by atoms with E-state index >= 15 is 0 Å². The Morgan fingerprint density at radius 1 is 0.542 bits per heavy atom. The van der Waals surface area contributed by atoms with Crippen molar-refractivity contribution in [3.05, 3.63) is 94.6 Å². The molecular formula is C36H34O12-2. The first-order valence-corrected chi connectivity index (χ1v) is 15.8. The highest BCUT2D eigenvalue weighted by molar-refractivity contribution is 6.16. The van der Waals surface area contributed by atoms with Crippen molar-refractivity contribution in [3.8, 4) is 0 Å². The standard InChI is InChI=1S/C36H36O12/c1-21-13-15-27(37)23(29(21)39)9-5-3-7-11-25-31(41)45-35(46-32(25)42)17-19-36(20-18-35)47-33(43)26(34(44)48-36)12-8-4-6-10-24-28(38)16-14-22(2)30(24)40/h3-12,21-22,39-40H,13-20H2,1-2H3/p-2/b7-3+,8-4?,9-5+,10-6?,25-11?,26-12?. The molecule has 12 heteroatoms. The Bertz CT molecular complexity index is 1520. The number of carbonyl (C=O) groups is 6. The van der Waals surface area contributed by atoms with Gasteiger partial charge in [0.05, 0.1) is 0 Å². The molecule has 0 aromatic rings. The van der Waals surface area contributed by atoms with Crippen LogP contribution in [0.1, 0.15) is 65.2 Å². The first-order chi connectivity index (χ1) is 22.8. The van der Waals surface area contributed by atoms with Crippen LogP contribution < -0.4 is 10.2 Å². The molecule has 5 rings (SSSR count). The van der Waals surface area contributed by atoms with Crippen LogP contribution in [0.25, 0.3) is 0 Å². The van der Waals surface area contributed by atoms with E-state index in [9.17, 15) is 39.0 Å². The molecule has 0 aromatic heterocycles. The molecule has 0 amide bonds. The van der Waals surface area contributed by atoms with Crippen LogP contribution in [-0.2, 0) is 47.7 Å². The topological polar surface area (TPSA) is 185 Å². The first kappa shape index (κ1) is 34.1. The van der Waals surface area contributed by atoms with Gasteiger partial charge in [-0.05, 0) is 36.8 Å². The van der Waals surface area contributed by atoms with Crippen LogP contribution in [-0.4, -0.2) is 47.0 Å². The highest BCUT2D eigenvalue weighted by Gasteiger charge is 2.56. The fourth-order valence-electron chi connectivity index (χ4n) is 5.91. The fourth-order valence-corrected chi connectivity index (χ4v) is 5.91. The lowest BCUT2D eigenvalue weighted by Crippen LogP contribution is -2.56. The van der Waals surface area contributed by atoms with Crippen molar-refractivity contribution in [1.82, 2.24) is 0 Å². The molecule has 0 aromatic carbocycles. The number of hydrogen-bond donors (Lipinski definition) is 0. The number of allylic oxidation sites excluding steroid dienone is 14. The van der Waals surface area contributed by atoms with Gasteiger partial charge < -0.3 is 29.2 Å². The molecule has 2 heterocycles. The Hall–Kier alpha value is -5.26. The summed E-state index contributed by atoms with van der Waals surface area (Å²) in [7, 11) is 0. The maximum atomic E-state index is 12.7. The average Bonchev–Trinajstić information content (AvgIpc) is 3.03. The molecule has 0 N–H and O–H groups in total. The summed E-state index contributed by atoms with van der Waals surface area (Å²) < 4.78 is 22.0. The molecule has 3 aliphatic carbocycles. The molecule has 2 saturated heterocycles. The molecule has 0 bridgehead atoms. The molecule has 0 radical (unpaired) electrons. The van der Waals surface area contributed by atoms with E-state index in [4.69, 9.17) is 18.9 Å². The van der Waals surface area contributed by atoms with Crippen LogP contribution in [0, 0.1) is 11.8 Å². The van der Waals surface area contributed by atoms with Gasteiger partial charge in [-0.3, -0.25) is 9.59 Å². The summed E-state index contributed by atoms with van der Waals surface area (Å²) in [6, 6.07) is 0. The lowest BCUT2D eigenvalue weighted by atomic mass is 9.87. The number of ether oxygens (including phenoxy) is 4. The van der Waals surface area contributed by atoms with Gasteiger partial charge in [-0.2, -0.15) is 0 Å². The summed E-state index contributed by atoms with van der Waals surface area (Å²) in [5, 5.41) is 24.4. The van der Waals surface area contributed by atoms with Crippen LogP contribution in [0.2, 0.25) is 0 Å². The Morgan fingerprint density at radius 2 is 0.875 bits per heavy atom. The quantitative estimate of drug-likeness (QED) is 0.176. The average molecular weight is 659 g/mol. The van der Waals surface area contributed by atoms with E-state index in [2.05, 4.69) is 0 Å². The predicted octanol–water partition coefficient (Wildman–Crippen LogP) is 2.46. The number of ketones is 2. The van der Waals surface area contributed by atoms with Crippen LogP contribution in [0.15, 0.2) is 94.6 Å². The molecule has 2 unspecified atom stereocenters. The van der Waals surface area contributed by atoms with E-state index in [0.717, 1.165) is 0 Å². The largest absolute Gasteiger partial charge is 0.875 e. The van der Waals surface area contributed by atoms with Gasteiger partial charge in [0.2, 0.25) is 0 Å². The second-order valence-corrected chi connectivity index (χ2v) is 12.3. The lowest BCUT2D eigenvalue weighted by molar-refractivity contribution is -0.317. The molecule has 48 heavy (non-hydrogen) atoms. The zero-order valence-electron chi connectivity index (χ0n) is 26.5. The number of rotatable bonds is 6. The van der Waals surface area contributed by atoms with Crippen molar-refractivity contribution in [2.24, 2.45) is 11.8 Å². The molecule has 3 fully saturated rings. The van der Waals surface area contributed by atoms with Crippen LogP contribution in [0.4, 0.5) is 0 Å². The molecular weight excluding hydrogens is 624 g/mol. The molecule has 1 saturated carbocycles. The molecule has 2 atom stereocenters. The molecule has 252 valence electrons. The van der Waals surface area contributed by atoms with E-state index in [1.54, 1.807) is 13.8 Å². The van der Waals surface area contributed by atoms with Gasteiger partial charge in [0.25, 0.3) is 11.6 Å². The van der Waals surface area contributed by atoms with E-state index in [1.165, 1.54) is 60.8 Å². The van der Waals surface area contributed by atoms with Gasteiger partial charge in [-0.25, -0.2) is 19.2 Å². The molecule has 12 nitrogen and oxygen atoms in total. The third-order valence-electron chi connectivity index (χ3n) is 8.90. The van der Waals surface area contributed by atoms with Gasteiger partial charge >= 0.3 is 23.9 Å². The summed E-state index contributed by atoms with van der Waals surface area (Å²) in [6.07, 6.45) is 15.0. The number of hydrogen-bond acceptors (Lipinski definition) is 12. The predicted molar refractivity (Wildman–Crippen MR) is 162 cm³/mol. The maximum Gasteiger partial charge on any atom is 0.348 e. The SMILES string of the molecule is CC1CCC(=O)C(C=CC=CC=C2C(=O)OC3(CCC4(CC3)OC(=O)C(=C/C=C/C=C/C3=C([O-])C(C)CCC3=O)C(=O)O4)OC2=O)=C1[O-]. The highest BCUT2D eigenvalue weighted by atomic mass is 16.8.